The highest BCUT2D eigenvalue weighted by molar-refractivity contribution is 7.21. The van der Waals surface area contributed by atoms with Gasteiger partial charge in [-0.25, -0.2) is 18.2 Å². The summed E-state index contributed by atoms with van der Waals surface area (Å²) >= 11 is 1.35. The molecule has 0 unspecified atom stereocenters. The lowest BCUT2D eigenvalue weighted by molar-refractivity contribution is -0.111. The number of hydrogen-bond acceptors (Lipinski definition) is 4. The number of aromatic nitrogens is 1. The van der Waals surface area contributed by atoms with Crippen LogP contribution in [0.25, 0.3) is 26.9 Å². The zero-order valence-corrected chi connectivity index (χ0v) is 17.0. The van der Waals surface area contributed by atoms with E-state index in [9.17, 15) is 18.0 Å². The molecule has 0 aliphatic rings. The van der Waals surface area contributed by atoms with Crippen molar-refractivity contribution in [2.24, 2.45) is 0 Å². The second-order valence-electron chi connectivity index (χ2n) is 6.54. The monoisotopic (exact) mass is 440 g/mol. The number of benzene rings is 3. The second-order valence-corrected chi connectivity index (χ2v) is 7.57. The lowest BCUT2D eigenvalue weighted by atomic mass is 10.2. The molecule has 156 valence electrons. The van der Waals surface area contributed by atoms with Gasteiger partial charge in [0.15, 0.2) is 11.6 Å². The normalized spacial score (nSPS) is 11.2. The first-order valence-corrected chi connectivity index (χ1v) is 9.93. The maximum absolute atomic E-state index is 13.4. The Morgan fingerprint density at radius 1 is 1.03 bits per heavy atom. The molecule has 3 aromatic carbocycles. The van der Waals surface area contributed by atoms with Gasteiger partial charge in [0.25, 0.3) is 0 Å². The average Bonchev–Trinajstić information content (AvgIpc) is 3.18. The van der Waals surface area contributed by atoms with Gasteiger partial charge in [0.1, 0.15) is 16.6 Å². The Kier molecular flexibility index (Phi) is 5.73. The van der Waals surface area contributed by atoms with Gasteiger partial charge in [-0.05, 0) is 60.2 Å². The van der Waals surface area contributed by atoms with Crippen LogP contribution in [0, 0.1) is 17.5 Å². The quantitative estimate of drug-likeness (QED) is 0.385. The topological polar surface area (TPSA) is 51.2 Å². The second kappa shape index (κ2) is 8.61. The molecule has 0 atom stereocenters. The Morgan fingerprint density at radius 3 is 2.65 bits per heavy atom. The Morgan fingerprint density at radius 2 is 1.87 bits per heavy atom. The molecule has 0 spiro atoms. The molecule has 4 rings (SSSR count). The van der Waals surface area contributed by atoms with Crippen molar-refractivity contribution in [2.45, 2.75) is 0 Å². The minimum atomic E-state index is -0.989. The summed E-state index contributed by atoms with van der Waals surface area (Å²) in [7, 11) is 1.47. The molecule has 0 saturated heterocycles. The van der Waals surface area contributed by atoms with Crippen LogP contribution in [0.2, 0.25) is 0 Å². The molecular weight excluding hydrogens is 425 g/mol. The maximum Gasteiger partial charge on any atom is 0.248 e. The molecule has 1 N–H and O–H groups in total. The number of thiazole rings is 1. The predicted octanol–water partition coefficient (Wildman–Crippen LogP) is 6.04. The summed E-state index contributed by atoms with van der Waals surface area (Å²) < 4.78 is 45.8. The Labute approximate surface area is 179 Å². The Hall–Kier alpha value is -3.65. The first-order valence-electron chi connectivity index (χ1n) is 9.11. The van der Waals surface area contributed by atoms with Crippen LogP contribution in [0.1, 0.15) is 5.56 Å². The largest absolute Gasteiger partial charge is 0.495 e. The average molecular weight is 440 g/mol. The minimum Gasteiger partial charge on any atom is -0.495 e. The van der Waals surface area contributed by atoms with Gasteiger partial charge in [-0.3, -0.25) is 4.79 Å². The van der Waals surface area contributed by atoms with Gasteiger partial charge < -0.3 is 10.1 Å². The maximum atomic E-state index is 13.4. The fourth-order valence-corrected chi connectivity index (χ4v) is 3.90. The fraction of sp³-hybridized carbons (Fsp3) is 0.0435. The van der Waals surface area contributed by atoms with Crippen molar-refractivity contribution in [1.82, 2.24) is 4.98 Å². The van der Waals surface area contributed by atoms with E-state index in [-0.39, 0.29) is 5.82 Å². The molecule has 31 heavy (non-hydrogen) atoms. The van der Waals surface area contributed by atoms with Crippen LogP contribution in [0.4, 0.5) is 18.9 Å². The molecule has 0 saturated carbocycles. The summed E-state index contributed by atoms with van der Waals surface area (Å²) in [5, 5.41) is 3.38. The predicted molar refractivity (Wildman–Crippen MR) is 116 cm³/mol. The van der Waals surface area contributed by atoms with Crippen LogP contribution in [-0.2, 0) is 4.79 Å². The van der Waals surface area contributed by atoms with Crippen molar-refractivity contribution in [1.29, 1.82) is 0 Å². The highest BCUT2D eigenvalue weighted by atomic mass is 32.1. The van der Waals surface area contributed by atoms with E-state index >= 15 is 0 Å². The SMILES string of the molecule is COc1cc(-c2nc3ccc(F)cc3s2)ccc1NC(=O)/C=C/c1ccc(F)c(F)c1. The van der Waals surface area contributed by atoms with Gasteiger partial charge in [0.05, 0.1) is 23.0 Å². The lowest BCUT2D eigenvalue weighted by Crippen LogP contribution is -2.09. The molecule has 0 radical (unpaired) electrons. The number of carbonyl (C=O) groups excluding carboxylic acids is 1. The zero-order valence-electron chi connectivity index (χ0n) is 16.2. The summed E-state index contributed by atoms with van der Waals surface area (Å²) in [6, 6.07) is 12.9. The lowest BCUT2D eigenvalue weighted by Gasteiger charge is -2.10. The highest BCUT2D eigenvalue weighted by Crippen LogP contribution is 2.35. The van der Waals surface area contributed by atoms with Crippen molar-refractivity contribution in [3.63, 3.8) is 0 Å². The molecular formula is C23H15F3N2O2S. The van der Waals surface area contributed by atoms with E-state index in [1.165, 1.54) is 48.8 Å². The van der Waals surface area contributed by atoms with Crippen LogP contribution in [0.5, 0.6) is 5.75 Å². The molecule has 0 fully saturated rings. The van der Waals surface area contributed by atoms with Gasteiger partial charge >= 0.3 is 0 Å². The van der Waals surface area contributed by atoms with E-state index in [1.54, 1.807) is 24.3 Å². The van der Waals surface area contributed by atoms with E-state index in [0.717, 1.165) is 22.4 Å². The van der Waals surface area contributed by atoms with Crippen LogP contribution >= 0.6 is 11.3 Å². The van der Waals surface area contributed by atoms with Crippen LogP contribution < -0.4 is 10.1 Å². The van der Waals surface area contributed by atoms with E-state index in [4.69, 9.17) is 4.74 Å². The third-order valence-electron chi connectivity index (χ3n) is 4.43. The Bertz CT molecular complexity index is 1320. The summed E-state index contributed by atoms with van der Waals surface area (Å²) in [5.74, 6) is -2.32. The fourth-order valence-electron chi connectivity index (χ4n) is 2.91. The molecule has 4 nitrogen and oxygen atoms in total. The number of ether oxygens (including phenoxy) is 1. The molecule has 4 aromatic rings. The number of fused-ring (bicyclic) bond motifs is 1. The van der Waals surface area contributed by atoms with Crippen molar-refractivity contribution >= 4 is 39.2 Å². The number of methoxy groups -OCH3 is 1. The number of hydrogen-bond donors (Lipinski definition) is 1. The minimum absolute atomic E-state index is 0.324. The van der Waals surface area contributed by atoms with Crippen molar-refractivity contribution < 1.29 is 22.7 Å². The molecule has 1 amide bonds. The van der Waals surface area contributed by atoms with Crippen molar-refractivity contribution in [3.8, 4) is 16.3 Å². The van der Waals surface area contributed by atoms with Crippen molar-refractivity contribution in [3.05, 3.63) is 83.7 Å². The first-order chi connectivity index (χ1) is 14.9. The molecule has 1 heterocycles. The number of amides is 1. The smallest absolute Gasteiger partial charge is 0.248 e. The van der Waals surface area contributed by atoms with Crippen LogP contribution in [0.3, 0.4) is 0 Å². The molecule has 8 heteroatoms. The van der Waals surface area contributed by atoms with Gasteiger partial charge in [-0.2, -0.15) is 0 Å². The number of rotatable bonds is 5. The Balaban J connectivity index is 1.54. The van der Waals surface area contributed by atoms with Crippen molar-refractivity contribution in [2.75, 3.05) is 12.4 Å². The molecule has 0 aliphatic carbocycles. The highest BCUT2D eigenvalue weighted by Gasteiger charge is 2.12. The molecule has 1 aromatic heterocycles. The molecule has 0 bridgehead atoms. The van der Waals surface area contributed by atoms with Crippen LogP contribution in [0.15, 0.2) is 60.7 Å². The van der Waals surface area contributed by atoms with E-state index in [1.807, 2.05) is 0 Å². The van der Waals surface area contributed by atoms with E-state index in [2.05, 4.69) is 10.3 Å². The number of halogens is 3. The summed E-state index contributed by atoms with van der Waals surface area (Å²) in [6.45, 7) is 0. The first kappa shape index (κ1) is 20.6. The van der Waals surface area contributed by atoms with E-state index < -0.39 is 17.5 Å². The third kappa shape index (κ3) is 4.59. The van der Waals surface area contributed by atoms with Gasteiger partial charge in [-0.15, -0.1) is 11.3 Å². The number of nitrogens with one attached hydrogen (secondary N) is 1. The van der Waals surface area contributed by atoms with E-state index in [0.29, 0.717) is 27.5 Å². The number of carbonyl (C=O) groups is 1. The van der Waals surface area contributed by atoms with Gasteiger partial charge in [-0.1, -0.05) is 6.07 Å². The summed E-state index contributed by atoms with van der Waals surface area (Å²) in [5.41, 5.74) is 2.23. The third-order valence-corrected chi connectivity index (χ3v) is 5.49. The summed E-state index contributed by atoms with van der Waals surface area (Å²) in [4.78, 5) is 16.7. The number of nitrogens with zero attached hydrogens (tertiary/aromatic N) is 1. The molecule has 0 aliphatic heterocycles. The standard InChI is InChI=1S/C23H15F3N2O2S/c1-30-20-11-14(23-28-19-8-5-15(24)12-21(19)31-23)4-7-18(20)27-22(29)9-3-13-2-6-16(25)17(26)10-13/h2-12H,1H3,(H,27,29)/b9-3+. The van der Waals surface area contributed by atoms with Gasteiger partial charge in [0, 0.05) is 11.6 Å². The zero-order chi connectivity index (χ0) is 22.0. The summed E-state index contributed by atoms with van der Waals surface area (Å²) in [6.07, 6.45) is 2.58. The number of anilines is 1. The van der Waals surface area contributed by atoms with Crippen LogP contribution in [-0.4, -0.2) is 18.0 Å². The van der Waals surface area contributed by atoms with Gasteiger partial charge in [0.2, 0.25) is 5.91 Å².